The van der Waals surface area contributed by atoms with Crippen molar-refractivity contribution in [2.45, 2.75) is 45.4 Å². The SMILES string of the molecule is CCOc1ccc(C(CN)C2CCC(CO)CC2)c(C)c1. The lowest BCUT2D eigenvalue weighted by molar-refractivity contribution is 0.158. The van der Waals surface area contributed by atoms with E-state index in [2.05, 4.69) is 25.1 Å². The van der Waals surface area contributed by atoms with E-state index in [-0.39, 0.29) is 0 Å². The first-order chi connectivity index (χ1) is 10.2. The average molecular weight is 291 g/mol. The molecule has 1 aliphatic rings. The molecule has 3 N–H and O–H groups in total. The molecule has 1 unspecified atom stereocenters. The molecule has 1 atom stereocenters. The predicted octanol–water partition coefficient (Wildman–Crippen LogP) is 3.23. The fourth-order valence-electron chi connectivity index (χ4n) is 3.67. The fraction of sp³-hybridized carbons (Fsp3) is 0.667. The van der Waals surface area contributed by atoms with Gasteiger partial charge in [-0.05, 0) is 87.1 Å². The van der Waals surface area contributed by atoms with E-state index in [1.807, 2.05) is 6.92 Å². The van der Waals surface area contributed by atoms with Crippen molar-refractivity contribution in [3.8, 4) is 5.75 Å². The third-order valence-corrected chi connectivity index (χ3v) is 4.92. The van der Waals surface area contributed by atoms with E-state index in [0.717, 1.165) is 18.6 Å². The maximum Gasteiger partial charge on any atom is 0.119 e. The summed E-state index contributed by atoms with van der Waals surface area (Å²) in [5, 5.41) is 9.28. The molecule has 0 aliphatic heterocycles. The second kappa shape index (κ2) is 7.81. The lowest BCUT2D eigenvalue weighted by Crippen LogP contribution is -2.27. The number of benzene rings is 1. The molecule has 21 heavy (non-hydrogen) atoms. The van der Waals surface area contributed by atoms with Crippen LogP contribution in [0.15, 0.2) is 18.2 Å². The number of nitrogens with two attached hydrogens (primary N) is 1. The average Bonchev–Trinajstić information content (AvgIpc) is 2.51. The van der Waals surface area contributed by atoms with E-state index in [1.165, 1.54) is 24.0 Å². The van der Waals surface area contributed by atoms with Crippen LogP contribution in [0.1, 0.15) is 49.7 Å². The zero-order valence-electron chi connectivity index (χ0n) is 13.3. The Morgan fingerprint density at radius 3 is 2.52 bits per heavy atom. The Kier molecular flexibility index (Phi) is 6.07. The summed E-state index contributed by atoms with van der Waals surface area (Å²) < 4.78 is 5.57. The summed E-state index contributed by atoms with van der Waals surface area (Å²) in [5.74, 6) is 2.52. The lowest BCUT2D eigenvalue weighted by atomic mass is 9.73. The van der Waals surface area contributed by atoms with Crippen molar-refractivity contribution in [2.75, 3.05) is 19.8 Å². The number of rotatable bonds is 6. The molecule has 1 aliphatic carbocycles. The van der Waals surface area contributed by atoms with Gasteiger partial charge in [-0.1, -0.05) is 6.07 Å². The second-order valence-corrected chi connectivity index (χ2v) is 6.26. The van der Waals surface area contributed by atoms with Crippen molar-refractivity contribution in [1.82, 2.24) is 0 Å². The summed E-state index contributed by atoms with van der Waals surface area (Å²) in [6, 6.07) is 6.38. The molecule has 0 spiro atoms. The van der Waals surface area contributed by atoms with Gasteiger partial charge in [-0.25, -0.2) is 0 Å². The third-order valence-electron chi connectivity index (χ3n) is 4.92. The standard InChI is InChI=1S/C18H29NO2/c1-3-21-16-8-9-17(13(2)10-16)18(11-19)15-6-4-14(12-20)5-7-15/h8-10,14-15,18,20H,3-7,11-12,19H2,1-2H3. The van der Waals surface area contributed by atoms with Gasteiger partial charge >= 0.3 is 0 Å². The van der Waals surface area contributed by atoms with E-state index in [9.17, 15) is 5.11 Å². The third kappa shape index (κ3) is 3.98. The molecule has 1 aromatic rings. The van der Waals surface area contributed by atoms with Crippen LogP contribution in [0.2, 0.25) is 0 Å². The Bertz CT molecular complexity index is 439. The van der Waals surface area contributed by atoms with Crippen molar-refractivity contribution < 1.29 is 9.84 Å². The van der Waals surface area contributed by atoms with E-state index >= 15 is 0 Å². The predicted molar refractivity (Wildman–Crippen MR) is 86.7 cm³/mol. The minimum absolute atomic E-state index is 0.335. The Balaban J connectivity index is 2.10. The van der Waals surface area contributed by atoms with E-state index in [1.54, 1.807) is 0 Å². The molecule has 0 amide bonds. The smallest absolute Gasteiger partial charge is 0.119 e. The van der Waals surface area contributed by atoms with Gasteiger partial charge in [0, 0.05) is 6.61 Å². The van der Waals surface area contributed by atoms with E-state index in [0.29, 0.717) is 37.5 Å². The summed E-state index contributed by atoms with van der Waals surface area (Å²) in [4.78, 5) is 0. The molecule has 3 nitrogen and oxygen atoms in total. The van der Waals surface area contributed by atoms with Crippen molar-refractivity contribution >= 4 is 0 Å². The first-order valence-corrected chi connectivity index (χ1v) is 8.23. The van der Waals surface area contributed by atoms with Crippen LogP contribution in [0.5, 0.6) is 5.75 Å². The molecular formula is C18H29NO2. The molecule has 0 bridgehead atoms. The molecule has 1 saturated carbocycles. The highest BCUT2D eigenvalue weighted by atomic mass is 16.5. The zero-order chi connectivity index (χ0) is 15.2. The normalized spacial score (nSPS) is 23.8. The van der Waals surface area contributed by atoms with Gasteiger partial charge in [0.25, 0.3) is 0 Å². The molecule has 118 valence electrons. The molecule has 0 heterocycles. The van der Waals surface area contributed by atoms with Gasteiger partial charge in [0.2, 0.25) is 0 Å². The van der Waals surface area contributed by atoms with Crippen molar-refractivity contribution in [2.24, 2.45) is 17.6 Å². The summed E-state index contributed by atoms with van der Waals surface area (Å²) in [6.45, 7) is 5.89. The van der Waals surface area contributed by atoms with Crippen LogP contribution < -0.4 is 10.5 Å². The molecule has 1 aromatic carbocycles. The summed E-state index contributed by atoms with van der Waals surface area (Å²) in [7, 11) is 0. The number of aryl methyl sites for hydroxylation is 1. The Morgan fingerprint density at radius 2 is 2.00 bits per heavy atom. The number of hydrogen-bond donors (Lipinski definition) is 2. The molecular weight excluding hydrogens is 262 g/mol. The first-order valence-electron chi connectivity index (χ1n) is 8.23. The molecule has 2 rings (SSSR count). The van der Waals surface area contributed by atoms with Crippen LogP contribution in [-0.2, 0) is 0 Å². The van der Waals surface area contributed by atoms with Crippen LogP contribution in [0.3, 0.4) is 0 Å². The van der Waals surface area contributed by atoms with Crippen LogP contribution in [0.25, 0.3) is 0 Å². The monoisotopic (exact) mass is 291 g/mol. The van der Waals surface area contributed by atoms with Crippen molar-refractivity contribution in [3.05, 3.63) is 29.3 Å². The van der Waals surface area contributed by atoms with Gasteiger partial charge in [-0.2, -0.15) is 0 Å². The molecule has 1 fully saturated rings. The number of ether oxygens (including phenoxy) is 1. The highest BCUT2D eigenvalue weighted by Crippen LogP contribution is 2.39. The molecule has 3 heteroatoms. The maximum atomic E-state index is 9.28. The minimum Gasteiger partial charge on any atom is -0.494 e. The Hall–Kier alpha value is -1.06. The van der Waals surface area contributed by atoms with E-state index < -0.39 is 0 Å². The van der Waals surface area contributed by atoms with Gasteiger partial charge in [-0.15, -0.1) is 0 Å². The Labute approximate surface area is 128 Å². The highest BCUT2D eigenvalue weighted by molar-refractivity contribution is 5.37. The van der Waals surface area contributed by atoms with Crippen LogP contribution >= 0.6 is 0 Å². The Morgan fingerprint density at radius 1 is 1.29 bits per heavy atom. The highest BCUT2D eigenvalue weighted by Gasteiger charge is 2.28. The van der Waals surface area contributed by atoms with Crippen molar-refractivity contribution in [3.63, 3.8) is 0 Å². The number of aliphatic hydroxyl groups excluding tert-OH is 1. The molecule has 0 radical (unpaired) electrons. The van der Waals surface area contributed by atoms with Crippen molar-refractivity contribution in [1.29, 1.82) is 0 Å². The van der Waals surface area contributed by atoms with Gasteiger partial charge in [0.05, 0.1) is 6.61 Å². The first kappa shape index (κ1) is 16.3. The minimum atomic E-state index is 0.335. The topological polar surface area (TPSA) is 55.5 Å². The molecule has 0 aromatic heterocycles. The van der Waals surface area contributed by atoms with Gasteiger partial charge in [0.1, 0.15) is 5.75 Å². The summed E-state index contributed by atoms with van der Waals surface area (Å²) in [5.41, 5.74) is 8.74. The van der Waals surface area contributed by atoms with Crippen LogP contribution in [-0.4, -0.2) is 24.9 Å². The van der Waals surface area contributed by atoms with Crippen LogP contribution in [0.4, 0.5) is 0 Å². The fourth-order valence-corrected chi connectivity index (χ4v) is 3.67. The maximum absolute atomic E-state index is 9.28. The number of hydrogen-bond acceptors (Lipinski definition) is 3. The molecule has 0 saturated heterocycles. The van der Waals surface area contributed by atoms with Gasteiger partial charge in [-0.3, -0.25) is 0 Å². The summed E-state index contributed by atoms with van der Waals surface area (Å²) in [6.07, 6.45) is 4.63. The quantitative estimate of drug-likeness (QED) is 0.846. The summed E-state index contributed by atoms with van der Waals surface area (Å²) >= 11 is 0. The zero-order valence-corrected chi connectivity index (χ0v) is 13.3. The second-order valence-electron chi connectivity index (χ2n) is 6.26. The van der Waals surface area contributed by atoms with Gasteiger partial charge in [0.15, 0.2) is 0 Å². The van der Waals surface area contributed by atoms with E-state index in [4.69, 9.17) is 10.5 Å². The number of aliphatic hydroxyl groups is 1. The van der Waals surface area contributed by atoms with Gasteiger partial charge < -0.3 is 15.6 Å². The van der Waals surface area contributed by atoms with Crippen LogP contribution in [0, 0.1) is 18.8 Å². The largest absolute Gasteiger partial charge is 0.494 e. The lowest BCUT2D eigenvalue weighted by Gasteiger charge is -2.33.